The Morgan fingerprint density at radius 3 is 2.52 bits per heavy atom. The zero-order valence-electron chi connectivity index (χ0n) is 32.0. The van der Waals surface area contributed by atoms with E-state index in [9.17, 15) is 28.8 Å². The van der Waals surface area contributed by atoms with Gasteiger partial charge >= 0.3 is 6.03 Å². The van der Waals surface area contributed by atoms with Crippen LogP contribution >= 0.6 is 34.4 Å². The Labute approximate surface area is 338 Å². The molecule has 56 heavy (non-hydrogen) atoms. The Morgan fingerprint density at radius 2 is 1.79 bits per heavy atom. The van der Waals surface area contributed by atoms with Gasteiger partial charge in [-0.3, -0.25) is 34.2 Å². The van der Waals surface area contributed by atoms with Crippen molar-refractivity contribution in [1.82, 2.24) is 36.1 Å². The fraction of sp³-hybridized carbons (Fsp3) is 0.553. The number of hydrogen-bond donors (Lipinski definition) is 5. The van der Waals surface area contributed by atoms with Crippen LogP contribution in [-0.2, 0) is 43.4 Å². The van der Waals surface area contributed by atoms with E-state index in [2.05, 4.69) is 57.2 Å². The molecule has 2 saturated heterocycles. The van der Waals surface area contributed by atoms with E-state index in [1.165, 1.54) is 27.6 Å². The van der Waals surface area contributed by atoms with Crippen molar-refractivity contribution in [2.24, 2.45) is 5.92 Å². The van der Waals surface area contributed by atoms with E-state index in [1.807, 2.05) is 12.1 Å². The number of likely N-dealkylation sites (tertiary alicyclic amines) is 1. The smallest absolute Gasteiger partial charge is 0.315 e. The zero-order chi connectivity index (χ0) is 39.8. The Hall–Kier alpha value is -4.26. The third-order valence-electron chi connectivity index (χ3n) is 10.1. The Morgan fingerprint density at radius 1 is 1.02 bits per heavy atom. The topological polar surface area (TPSA) is 195 Å². The van der Waals surface area contributed by atoms with Crippen LogP contribution in [0, 0.1) is 5.92 Å². The fourth-order valence-electron chi connectivity index (χ4n) is 6.84. The van der Waals surface area contributed by atoms with Crippen LogP contribution in [-0.4, -0.2) is 89.1 Å². The summed E-state index contributed by atoms with van der Waals surface area (Å²) < 4.78 is 6.98. The average molecular weight is 827 g/mol. The molecule has 0 radical (unpaired) electrons. The lowest BCUT2D eigenvalue weighted by Crippen LogP contribution is -2.52. The highest BCUT2D eigenvalue weighted by molar-refractivity contribution is 8.00. The Kier molecular flexibility index (Phi) is 13.9. The van der Waals surface area contributed by atoms with Gasteiger partial charge in [-0.2, -0.15) is 0 Å². The predicted octanol–water partition coefficient (Wildman–Crippen LogP) is 4.58. The first kappa shape index (κ1) is 41.4. The summed E-state index contributed by atoms with van der Waals surface area (Å²) in [6, 6.07) is 3.05. The molecule has 302 valence electrons. The van der Waals surface area contributed by atoms with Crippen LogP contribution in [0.25, 0.3) is 0 Å². The molecule has 5 N–H and O–H groups in total. The number of aromatic nitrogens is 1. The normalized spacial score (nSPS) is 17.8. The van der Waals surface area contributed by atoms with Crippen molar-refractivity contribution < 1.29 is 33.2 Å². The lowest BCUT2D eigenvalue weighted by Gasteiger charge is -2.30. The second-order valence-electron chi connectivity index (χ2n) is 15.3. The number of unbranched alkanes of at least 4 members (excludes halogenated alkanes) is 2. The number of nitrogens with one attached hydrogen (secondary N) is 5. The first-order chi connectivity index (χ1) is 26.8. The summed E-state index contributed by atoms with van der Waals surface area (Å²) >= 11 is 4.49. The zero-order valence-corrected chi connectivity index (χ0v) is 34.4. The van der Waals surface area contributed by atoms with Gasteiger partial charge < -0.3 is 30.6 Å². The summed E-state index contributed by atoms with van der Waals surface area (Å²) in [5, 5.41) is 16.3. The minimum absolute atomic E-state index is 0.0312. The maximum Gasteiger partial charge on any atom is 0.315 e. The van der Waals surface area contributed by atoms with Crippen molar-refractivity contribution in [2.75, 3.05) is 38.0 Å². The number of thiazole rings is 1. The summed E-state index contributed by atoms with van der Waals surface area (Å²) in [4.78, 5) is 83.5. The van der Waals surface area contributed by atoms with Gasteiger partial charge in [0.1, 0.15) is 17.6 Å². The predicted molar refractivity (Wildman–Crippen MR) is 214 cm³/mol. The third-order valence-corrected chi connectivity index (χ3v) is 13.2. The van der Waals surface area contributed by atoms with Crippen molar-refractivity contribution in [3.63, 3.8) is 0 Å². The number of rotatable bonds is 16. The van der Waals surface area contributed by atoms with Crippen molar-refractivity contribution in [3.8, 4) is 0 Å². The van der Waals surface area contributed by atoms with Crippen LogP contribution in [0.15, 0.2) is 32.3 Å². The molecule has 0 spiro atoms. The second kappa shape index (κ2) is 18.8. The molecular weight excluding hydrogens is 777 g/mol. The summed E-state index contributed by atoms with van der Waals surface area (Å²) in [5.41, 5.74) is 1.32. The summed E-state index contributed by atoms with van der Waals surface area (Å²) in [7, 11) is 0. The maximum absolute atomic E-state index is 12.9. The number of thioether (sulfide) groups is 1. The number of carbonyl (C=O) groups is 6. The molecule has 3 aliphatic heterocycles. The molecule has 0 aromatic carbocycles. The molecule has 6 rings (SSSR count). The van der Waals surface area contributed by atoms with Crippen LogP contribution in [0.5, 0.6) is 0 Å². The first-order valence-electron chi connectivity index (χ1n) is 19.1. The Bertz CT molecular complexity index is 1910. The number of hydrogen-bond acceptors (Lipinski definition) is 12. The number of imide groups is 1. The Balaban J connectivity index is 0.782. The van der Waals surface area contributed by atoms with Gasteiger partial charge in [0, 0.05) is 47.6 Å². The maximum atomic E-state index is 12.9. The van der Waals surface area contributed by atoms with Crippen LogP contribution in [0.4, 0.5) is 9.93 Å². The summed E-state index contributed by atoms with van der Waals surface area (Å²) in [5.74, 6) is 1.37. The van der Waals surface area contributed by atoms with Gasteiger partial charge in [-0.1, -0.05) is 32.1 Å². The number of anilines is 1. The summed E-state index contributed by atoms with van der Waals surface area (Å²) in [6.45, 7) is 9.58. The highest BCUT2D eigenvalue weighted by Crippen LogP contribution is 2.35. The molecule has 3 aliphatic rings. The monoisotopic (exact) mass is 826 g/mol. The van der Waals surface area contributed by atoms with Crippen LogP contribution < -0.4 is 26.6 Å². The second-order valence-corrected chi connectivity index (χ2v) is 18.6. The standard InChI is InChI=1S/C38H50N8O7S3/c1-38(2,3)29-9-7-24(53-29)21-55-32-18-42-37(56-32)44-33(49)23-11-15-45(16-12-23)20-31(48)39-13-5-4-6-14-40-36(52)41-17-28-25-19-46(35(51)26(25)22-54-28)27-8-10-30(47)43-34(27)50/h7,9,18,22-23,27H,4-6,8,10-17,19-21H2,1-3H3,(H,39,48)(H2,40,41,52)(H,42,44,49)(H,43,47,50). The van der Waals surface area contributed by atoms with Crippen molar-refractivity contribution >= 4 is 75.1 Å². The van der Waals surface area contributed by atoms with Crippen molar-refractivity contribution in [1.29, 1.82) is 0 Å². The largest absolute Gasteiger partial charge is 0.465 e. The molecule has 1 unspecified atom stereocenters. The van der Waals surface area contributed by atoms with Gasteiger partial charge in [0.2, 0.25) is 23.6 Å². The van der Waals surface area contributed by atoms with Gasteiger partial charge in [-0.25, -0.2) is 9.78 Å². The molecular formula is C38H50N8O7S3. The van der Waals surface area contributed by atoms with Crippen LogP contribution in [0.1, 0.15) is 98.0 Å². The fourth-order valence-corrected chi connectivity index (χ4v) is 9.58. The number of carbonyl (C=O) groups excluding carboxylic acids is 6. The number of fused-ring (bicyclic) bond motifs is 1. The van der Waals surface area contributed by atoms with E-state index in [0.29, 0.717) is 68.4 Å². The first-order valence-corrected chi connectivity index (χ1v) is 21.8. The number of nitrogens with zero attached hydrogens (tertiary/aromatic N) is 3. The minimum atomic E-state index is -0.670. The van der Waals surface area contributed by atoms with E-state index in [1.54, 1.807) is 23.3 Å². The lowest BCUT2D eigenvalue weighted by atomic mass is 9.94. The quantitative estimate of drug-likeness (QED) is 0.0775. The van der Waals surface area contributed by atoms with Crippen LogP contribution in [0.2, 0.25) is 0 Å². The van der Waals surface area contributed by atoms with Gasteiger partial charge in [0.25, 0.3) is 5.91 Å². The average Bonchev–Trinajstić information content (AvgIpc) is 3.96. The van der Waals surface area contributed by atoms with Gasteiger partial charge in [-0.05, 0) is 69.3 Å². The molecule has 0 aliphatic carbocycles. The molecule has 2 fully saturated rings. The minimum Gasteiger partial charge on any atom is -0.465 e. The molecule has 0 saturated carbocycles. The lowest BCUT2D eigenvalue weighted by molar-refractivity contribution is -0.137. The highest BCUT2D eigenvalue weighted by Gasteiger charge is 2.40. The van der Waals surface area contributed by atoms with E-state index < -0.39 is 11.9 Å². The number of piperidine rings is 2. The summed E-state index contributed by atoms with van der Waals surface area (Å²) in [6.07, 6.45) is 6.02. The van der Waals surface area contributed by atoms with Gasteiger partial charge in [0.05, 0.1) is 34.8 Å². The molecule has 15 nitrogen and oxygen atoms in total. The van der Waals surface area contributed by atoms with Crippen molar-refractivity contribution in [2.45, 2.75) is 100 Å². The number of urea groups is 1. The SMILES string of the molecule is CC(C)(C)c1ccc(CSc2cnc(NC(=O)C3CCN(CC(=O)NCCCCCNC(=O)NCc4scc5c4CN(C4CCC(=O)NC4=O)C5=O)CC3)s2)o1. The molecule has 7 amide bonds. The number of thiophene rings is 1. The molecule has 3 aromatic rings. The molecule has 6 heterocycles. The van der Waals surface area contributed by atoms with E-state index in [-0.39, 0.29) is 60.5 Å². The highest BCUT2D eigenvalue weighted by atomic mass is 32.2. The van der Waals surface area contributed by atoms with Gasteiger partial charge in [-0.15, -0.1) is 23.1 Å². The van der Waals surface area contributed by atoms with Crippen LogP contribution in [0.3, 0.4) is 0 Å². The number of furan rings is 1. The molecule has 3 aromatic heterocycles. The third kappa shape index (κ3) is 11.0. The molecule has 0 bridgehead atoms. The van der Waals surface area contributed by atoms with E-state index in [0.717, 1.165) is 45.4 Å². The van der Waals surface area contributed by atoms with E-state index >= 15 is 0 Å². The molecule has 1 atom stereocenters. The molecule has 18 heteroatoms. The van der Waals surface area contributed by atoms with E-state index in [4.69, 9.17) is 4.42 Å². The number of amides is 7. The van der Waals surface area contributed by atoms with Crippen molar-refractivity contribution in [3.05, 3.63) is 51.2 Å². The van der Waals surface area contributed by atoms with Gasteiger partial charge in [0.15, 0.2) is 5.13 Å².